The Morgan fingerprint density at radius 3 is 2.52 bits per heavy atom. The summed E-state index contributed by atoms with van der Waals surface area (Å²) in [5.74, 6) is 1.21. The summed E-state index contributed by atoms with van der Waals surface area (Å²) in [6.45, 7) is 2.37. The van der Waals surface area contributed by atoms with E-state index in [1.807, 2.05) is 13.0 Å². The molecule has 0 spiro atoms. The zero-order chi connectivity index (χ0) is 18.0. The van der Waals surface area contributed by atoms with Gasteiger partial charge in [-0.3, -0.25) is 14.3 Å². The highest BCUT2D eigenvalue weighted by molar-refractivity contribution is 5.89. The molecule has 0 atom stereocenters. The van der Waals surface area contributed by atoms with E-state index in [1.54, 1.807) is 23.0 Å². The van der Waals surface area contributed by atoms with Crippen molar-refractivity contribution < 1.29 is 14.2 Å². The summed E-state index contributed by atoms with van der Waals surface area (Å²) < 4.78 is 17.6. The Kier molecular flexibility index (Phi) is 4.56. The van der Waals surface area contributed by atoms with Gasteiger partial charge in [0.2, 0.25) is 5.75 Å². The smallest absolute Gasteiger partial charge is 0.261 e. The van der Waals surface area contributed by atoms with Crippen molar-refractivity contribution in [3.8, 4) is 17.2 Å². The third-order valence-corrected chi connectivity index (χ3v) is 4.10. The lowest BCUT2D eigenvalue weighted by atomic mass is 10.1. The van der Waals surface area contributed by atoms with Crippen molar-refractivity contribution in [2.45, 2.75) is 13.5 Å². The van der Waals surface area contributed by atoms with Crippen LogP contribution in [0.1, 0.15) is 11.1 Å². The maximum Gasteiger partial charge on any atom is 0.261 e. The average Bonchev–Trinajstić information content (AvgIpc) is 2.64. The van der Waals surface area contributed by atoms with Crippen molar-refractivity contribution in [1.82, 2.24) is 14.5 Å². The number of ether oxygens (including phenoxy) is 3. The van der Waals surface area contributed by atoms with Crippen molar-refractivity contribution >= 4 is 10.9 Å². The van der Waals surface area contributed by atoms with Gasteiger partial charge in [0, 0.05) is 12.4 Å². The van der Waals surface area contributed by atoms with Crippen LogP contribution in [0.2, 0.25) is 0 Å². The number of hydrogen-bond acceptors (Lipinski definition) is 6. The molecule has 25 heavy (non-hydrogen) atoms. The van der Waals surface area contributed by atoms with Gasteiger partial charge < -0.3 is 14.2 Å². The van der Waals surface area contributed by atoms with Gasteiger partial charge in [-0.2, -0.15) is 0 Å². The normalized spacial score (nSPS) is 10.7. The summed E-state index contributed by atoms with van der Waals surface area (Å²) in [4.78, 5) is 21.4. The van der Waals surface area contributed by atoms with Gasteiger partial charge in [0.05, 0.1) is 39.6 Å². The summed E-state index contributed by atoms with van der Waals surface area (Å²) in [6, 6.07) is 3.52. The molecular weight excluding hydrogens is 322 g/mol. The zero-order valence-corrected chi connectivity index (χ0v) is 14.6. The highest BCUT2D eigenvalue weighted by atomic mass is 16.5. The molecule has 130 valence electrons. The molecular formula is C18H19N3O4. The third kappa shape index (κ3) is 2.88. The molecule has 2 heterocycles. The second-order valence-corrected chi connectivity index (χ2v) is 5.52. The number of pyridine rings is 1. The largest absolute Gasteiger partial charge is 0.493 e. The van der Waals surface area contributed by atoms with E-state index in [4.69, 9.17) is 14.2 Å². The fourth-order valence-electron chi connectivity index (χ4n) is 2.74. The van der Waals surface area contributed by atoms with Crippen LogP contribution in [0.15, 0.2) is 35.6 Å². The van der Waals surface area contributed by atoms with Crippen LogP contribution in [0, 0.1) is 6.92 Å². The van der Waals surface area contributed by atoms with Crippen molar-refractivity contribution in [3.63, 3.8) is 0 Å². The van der Waals surface area contributed by atoms with Crippen LogP contribution in [-0.2, 0) is 6.54 Å². The number of benzene rings is 1. The quantitative estimate of drug-likeness (QED) is 0.708. The predicted octanol–water partition coefficient (Wildman–Crippen LogP) is 2.17. The lowest BCUT2D eigenvalue weighted by molar-refractivity contribution is 0.326. The Morgan fingerprint density at radius 1 is 1.12 bits per heavy atom. The van der Waals surface area contributed by atoms with Crippen molar-refractivity contribution in [2.24, 2.45) is 0 Å². The first-order valence-corrected chi connectivity index (χ1v) is 7.68. The maximum atomic E-state index is 12.9. The van der Waals surface area contributed by atoms with Crippen LogP contribution >= 0.6 is 0 Å². The van der Waals surface area contributed by atoms with Gasteiger partial charge in [-0.05, 0) is 30.2 Å². The van der Waals surface area contributed by atoms with Crippen LogP contribution in [0.4, 0.5) is 0 Å². The van der Waals surface area contributed by atoms with Crippen molar-refractivity contribution in [3.05, 3.63) is 52.3 Å². The number of aryl methyl sites for hydroxylation is 1. The van der Waals surface area contributed by atoms with E-state index in [2.05, 4.69) is 9.97 Å². The molecule has 0 amide bonds. The van der Waals surface area contributed by atoms with Crippen LogP contribution in [0.3, 0.4) is 0 Å². The predicted molar refractivity (Wildman–Crippen MR) is 93.7 cm³/mol. The van der Waals surface area contributed by atoms with E-state index in [0.29, 0.717) is 34.7 Å². The average molecular weight is 341 g/mol. The first-order valence-electron chi connectivity index (χ1n) is 7.68. The molecule has 0 N–H and O–H groups in total. The summed E-state index contributed by atoms with van der Waals surface area (Å²) in [7, 11) is 4.53. The SMILES string of the molecule is COc1cc2c(=O)n(Cc3ccncc3C)cnc2c(OC)c1OC. The Balaban J connectivity index is 2.20. The van der Waals surface area contributed by atoms with Crippen LogP contribution in [-0.4, -0.2) is 35.9 Å². The van der Waals surface area contributed by atoms with Gasteiger partial charge >= 0.3 is 0 Å². The van der Waals surface area contributed by atoms with Gasteiger partial charge in [0.25, 0.3) is 5.56 Å². The van der Waals surface area contributed by atoms with Gasteiger partial charge in [-0.25, -0.2) is 4.98 Å². The second-order valence-electron chi connectivity index (χ2n) is 5.52. The number of aromatic nitrogens is 3. The Morgan fingerprint density at radius 2 is 1.88 bits per heavy atom. The lowest BCUT2D eigenvalue weighted by Crippen LogP contribution is -2.22. The van der Waals surface area contributed by atoms with Crippen molar-refractivity contribution in [1.29, 1.82) is 0 Å². The van der Waals surface area contributed by atoms with E-state index in [-0.39, 0.29) is 5.56 Å². The summed E-state index contributed by atoms with van der Waals surface area (Å²) in [5, 5.41) is 0.406. The summed E-state index contributed by atoms with van der Waals surface area (Å²) >= 11 is 0. The molecule has 1 aromatic carbocycles. The van der Waals surface area contributed by atoms with Crippen LogP contribution in [0.5, 0.6) is 17.2 Å². The number of hydrogen-bond donors (Lipinski definition) is 0. The molecule has 7 nitrogen and oxygen atoms in total. The monoisotopic (exact) mass is 341 g/mol. The molecule has 0 saturated heterocycles. The first kappa shape index (κ1) is 16.8. The highest BCUT2D eigenvalue weighted by Crippen LogP contribution is 2.41. The summed E-state index contributed by atoms with van der Waals surface area (Å²) in [6.07, 6.45) is 4.99. The fraction of sp³-hybridized carbons (Fsp3) is 0.278. The van der Waals surface area contributed by atoms with E-state index in [1.165, 1.54) is 27.7 Å². The minimum Gasteiger partial charge on any atom is -0.493 e. The van der Waals surface area contributed by atoms with Gasteiger partial charge in [0.15, 0.2) is 11.5 Å². The minimum absolute atomic E-state index is 0.180. The second kappa shape index (κ2) is 6.80. The molecule has 0 aliphatic heterocycles. The van der Waals surface area contributed by atoms with Crippen LogP contribution < -0.4 is 19.8 Å². The van der Waals surface area contributed by atoms with Gasteiger partial charge in [0.1, 0.15) is 5.52 Å². The minimum atomic E-state index is -0.180. The van der Waals surface area contributed by atoms with E-state index in [0.717, 1.165) is 11.1 Å². The number of fused-ring (bicyclic) bond motifs is 1. The molecule has 0 aliphatic carbocycles. The molecule has 0 fully saturated rings. The van der Waals surface area contributed by atoms with E-state index >= 15 is 0 Å². The van der Waals surface area contributed by atoms with Crippen LogP contribution in [0.25, 0.3) is 10.9 Å². The molecule has 0 unspecified atom stereocenters. The van der Waals surface area contributed by atoms with Crippen molar-refractivity contribution in [2.75, 3.05) is 21.3 Å². The molecule has 0 radical (unpaired) electrons. The number of rotatable bonds is 5. The van der Waals surface area contributed by atoms with E-state index < -0.39 is 0 Å². The fourth-order valence-corrected chi connectivity index (χ4v) is 2.74. The molecule has 2 aromatic heterocycles. The maximum absolute atomic E-state index is 12.9. The topological polar surface area (TPSA) is 75.5 Å². The Labute approximate surface area is 144 Å². The molecule has 3 rings (SSSR count). The standard InChI is InChI=1S/C18H19N3O4/c1-11-8-19-6-5-12(11)9-21-10-20-15-13(18(21)22)7-14(23-2)16(24-3)17(15)25-4/h5-8,10H,9H2,1-4H3. The molecule has 3 aromatic rings. The summed E-state index contributed by atoms with van der Waals surface area (Å²) in [5.41, 5.74) is 2.28. The molecule has 0 bridgehead atoms. The van der Waals surface area contributed by atoms with Gasteiger partial charge in [-0.1, -0.05) is 0 Å². The number of methoxy groups -OCH3 is 3. The molecule has 0 saturated carbocycles. The van der Waals surface area contributed by atoms with E-state index in [9.17, 15) is 4.79 Å². The number of nitrogens with zero attached hydrogens (tertiary/aromatic N) is 3. The Bertz CT molecular complexity index is 982. The zero-order valence-electron chi connectivity index (χ0n) is 14.6. The lowest BCUT2D eigenvalue weighted by Gasteiger charge is -2.15. The molecule has 7 heteroatoms. The molecule has 0 aliphatic rings. The van der Waals surface area contributed by atoms with Gasteiger partial charge in [-0.15, -0.1) is 0 Å². The first-order chi connectivity index (χ1) is 12.1. The third-order valence-electron chi connectivity index (χ3n) is 4.10. The Hall–Kier alpha value is -3.09. The highest BCUT2D eigenvalue weighted by Gasteiger charge is 2.19.